The van der Waals surface area contributed by atoms with Gasteiger partial charge in [0.2, 0.25) is 5.91 Å². The Kier molecular flexibility index (Phi) is 7.41. The normalized spacial score (nSPS) is 15.9. The Morgan fingerprint density at radius 2 is 1.90 bits per heavy atom. The number of benzene rings is 1. The Morgan fingerprint density at radius 3 is 2.52 bits per heavy atom. The molecule has 0 aliphatic carbocycles. The third-order valence-electron chi connectivity index (χ3n) is 4.32. The molecule has 1 saturated heterocycles. The van der Waals surface area contributed by atoms with Crippen molar-refractivity contribution in [2.75, 3.05) is 25.0 Å². The highest BCUT2D eigenvalue weighted by Gasteiger charge is 2.28. The highest BCUT2D eigenvalue weighted by molar-refractivity contribution is 5.93. The Bertz CT molecular complexity index is 862. The van der Waals surface area contributed by atoms with E-state index in [1.807, 2.05) is 0 Å². The highest BCUT2D eigenvalue weighted by atomic mass is 16.6. The summed E-state index contributed by atoms with van der Waals surface area (Å²) in [6, 6.07) is 8.74. The first-order valence-electron chi connectivity index (χ1n) is 10.2. The van der Waals surface area contributed by atoms with Crippen LogP contribution in [0.2, 0.25) is 0 Å². The van der Waals surface area contributed by atoms with Crippen LogP contribution < -0.4 is 10.1 Å². The summed E-state index contributed by atoms with van der Waals surface area (Å²) in [7, 11) is 0. The molecule has 1 fully saturated rings. The first kappa shape index (κ1) is 22.5. The van der Waals surface area contributed by atoms with Crippen LogP contribution in [0, 0.1) is 0 Å². The average molecular weight is 428 g/mol. The summed E-state index contributed by atoms with van der Waals surface area (Å²) in [6.45, 7) is 6.22. The molecular formula is C22H28N4O5. The summed E-state index contributed by atoms with van der Waals surface area (Å²) in [5.41, 5.74) is -0.0757. The van der Waals surface area contributed by atoms with Crippen LogP contribution >= 0.6 is 0 Å². The van der Waals surface area contributed by atoms with E-state index in [1.165, 1.54) is 4.90 Å². The number of nitrogens with one attached hydrogen (secondary N) is 1. The third-order valence-corrected chi connectivity index (χ3v) is 4.32. The van der Waals surface area contributed by atoms with Gasteiger partial charge in [-0.15, -0.1) is 0 Å². The molecule has 1 aromatic carbocycles. The summed E-state index contributed by atoms with van der Waals surface area (Å²) in [6.07, 6.45) is 4.35. The zero-order valence-corrected chi connectivity index (χ0v) is 18.0. The van der Waals surface area contributed by atoms with Crippen molar-refractivity contribution in [1.82, 2.24) is 14.9 Å². The fraction of sp³-hybridized carbons (Fsp3) is 0.455. The molecular weight excluding hydrogens is 400 g/mol. The van der Waals surface area contributed by atoms with E-state index >= 15 is 0 Å². The van der Waals surface area contributed by atoms with E-state index in [-0.39, 0.29) is 24.6 Å². The van der Waals surface area contributed by atoms with Gasteiger partial charge >= 0.3 is 12.1 Å². The second-order valence-electron chi connectivity index (χ2n) is 8.20. The zero-order chi connectivity index (χ0) is 22.3. The van der Waals surface area contributed by atoms with Crippen molar-refractivity contribution < 1.29 is 23.8 Å². The van der Waals surface area contributed by atoms with E-state index in [0.29, 0.717) is 24.6 Å². The molecule has 1 unspecified atom stereocenters. The number of rotatable bonds is 7. The minimum absolute atomic E-state index is 0.0862. The summed E-state index contributed by atoms with van der Waals surface area (Å²) >= 11 is 0. The fourth-order valence-corrected chi connectivity index (χ4v) is 2.99. The Labute approximate surface area is 181 Å². The lowest BCUT2D eigenvalue weighted by Crippen LogP contribution is -2.44. The molecule has 166 valence electrons. The molecule has 1 atom stereocenters. The molecule has 1 aromatic heterocycles. The molecule has 2 aromatic rings. The quantitative estimate of drug-likeness (QED) is 0.718. The summed E-state index contributed by atoms with van der Waals surface area (Å²) in [4.78, 5) is 34.6. The number of nitrogens with zero attached hydrogens (tertiary/aromatic N) is 3. The molecule has 2 heterocycles. The van der Waals surface area contributed by atoms with Crippen LogP contribution in [0.1, 0.15) is 33.6 Å². The molecule has 0 bridgehead atoms. The van der Waals surface area contributed by atoms with Gasteiger partial charge in [-0.25, -0.2) is 14.8 Å². The van der Waals surface area contributed by atoms with Gasteiger partial charge in [0.25, 0.3) is 0 Å². The van der Waals surface area contributed by atoms with Crippen LogP contribution in [0.15, 0.2) is 42.7 Å². The molecule has 9 nitrogen and oxygen atoms in total. The number of carbonyl (C=O) groups is 2. The second kappa shape index (κ2) is 10.2. The predicted molar refractivity (Wildman–Crippen MR) is 114 cm³/mol. The van der Waals surface area contributed by atoms with Crippen molar-refractivity contribution in [3.05, 3.63) is 42.7 Å². The Hall–Kier alpha value is -3.20. The van der Waals surface area contributed by atoms with Crippen LogP contribution in [0.4, 0.5) is 10.5 Å². The number of hydrogen-bond acceptors (Lipinski definition) is 7. The van der Waals surface area contributed by atoms with Gasteiger partial charge in [-0.3, -0.25) is 9.69 Å². The average Bonchev–Trinajstić information content (AvgIpc) is 3.22. The first-order chi connectivity index (χ1) is 14.8. The third kappa shape index (κ3) is 7.53. The molecule has 2 amide bonds. The first-order valence-corrected chi connectivity index (χ1v) is 10.2. The molecule has 1 N–H and O–H groups in total. The van der Waals surface area contributed by atoms with Gasteiger partial charge in [-0.1, -0.05) is 0 Å². The van der Waals surface area contributed by atoms with E-state index < -0.39 is 11.7 Å². The van der Waals surface area contributed by atoms with Crippen molar-refractivity contribution in [3.63, 3.8) is 0 Å². The monoisotopic (exact) mass is 428 g/mol. The smallest absolute Gasteiger partial charge is 0.410 e. The van der Waals surface area contributed by atoms with Gasteiger partial charge in [0.05, 0.1) is 12.6 Å². The van der Waals surface area contributed by atoms with Crippen LogP contribution in [0.3, 0.4) is 0 Å². The molecule has 1 aliphatic heterocycles. The van der Waals surface area contributed by atoms with Gasteiger partial charge in [0.1, 0.15) is 17.9 Å². The minimum atomic E-state index is -0.652. The second-order valence-corrected chi connectivity index (χ2v) is 8.20. The van der Waals surface area contributed by atoms with E-state index in [2.05, 4.69) is 15.3 Å². The SMILES string of the molecule is CC(C)(C)OC(=O)N(CC(=O)Nc1ccc(Oc2ncccn2)cc1)CC1CCCO1. The van der Waals surface area contributed by atoms with E-state index in [4.69, 9.17) is 14.2 Å². The molecule has 1 aliphatic rings. The Balaban J connectivity index is 1.58. The standard InChI is InChI=1S/C22H28N4O5/c1-22(2,3)31-21(28)26(14-18-6-4-13-29-18)15-19(27)25-16-7-9-17(10-8-16)30-20-23-11-5-12-24-20/h5,7-12,18H,4,6,13-15H2,1-3H3,(H,25,27). The lowest BCUT2D eigenvalue weighted by Gasteiger charge is -2.28. The number of aromatic nitrogens is 2. The molecule has 31 heavy (non-hydrogen) atoms. The summed E-state index contributed by atoms with van der Waals surface area (Å²) < 4.78 is 16.6. The van der Waals surface area contributed by atoms with Gasteiger partial charge in [-0.05, 0) is 63.9 Å². The molecule has 3 rings (SSSR count). The van der Waals surface area contributed by atoms with E-state index in [1.54, 1.807) is 63.5 Å². The van der Waals surface area contributed by atoms with Crippen molar-refractivity contribution in [2.45, 2.75) is 45.3 Å². The van der Waals surface area contributed by atoms with Crippen LogP contribution in [-0.2, 0) is 14.3 Å². The van der Waals surface area contributed by atoms with Crippen molar-refractivity contribution in [2.24, 2.45) is 0 Å². The topological polar surface area (TPSA) is 103 Å². The highest BCUT2D eigenvalue weighted by Crippen LogP contribution is 2.20. The van der Waals surface area contributed by atoms with Crippen molar-refractivity contribution in [1.29, 1.82) is 0 Å². The molecule has 0 radical (unpaired) electrons. The summed E-state index contributed by atoms with van der Waals surface area (Å²) in [5, 5.41) is 2.79. The van der Waals surface area contributed by atoms with Gasteiger partial charge in [-0.2, -0.15) is 0 Å². The van der Waals surface area contributed by atoms with Gasteiger partial charge < -0.3 is 19.5 Å². The lowest BCUT2D eigenvalue weighted by molar-refractivity contribution is -0.117. The largest absolute Gasteiger partial charge is 0.444 e. The molecule has 0 saturated carbocycles. The maximum atomic E-state index is 12.6. The van der Waals surface area contributed by atoms with Crippen molar-refractivity contribution >= 4 is 17.7 Å². The lowest BCUT2D eigenvalue weighted by atomic mass is 10.2. The van der Waals surface area contributed by atoms with Crippen LogP contribution in [0.25, 0.3) is 0 Å². The maximum absolute atomic E-state index is 12.6. The number of carbonyl (C=O) groups excluding carboxylic acids is 2. The predicted octanol–water partition coefficient (Wildman–Crippen LogP) is 3.62. The van der Waals surface area contributed by atoms with Crippen molar-refractivity contribution in [3.8, 4) is 11.8 Å². The Morgan fingerprint density at radius 1 is 1.19 bits per heavy atom. The maximum Gasteiger partial charge on any atom is 0.410 e. The number of hydrogen-bond donors (Lipinski definition) is 1. The molecule has 0 spiro atoms. The van der Waals surface area contributed by atoms with E-state index in [0.717, 1.165) is 12.8 Å². The number of amides is 2. The van der Waals surface area contributed by atoms with Crippen LogP contribution in [0.5, 0.6) is 11.8 Å². The van der Waals surface area contributed by atoms with Gasteiger partial charge in [0, 0.05) is 24.7 Å². The number of anilines is 1. The van der Waals surface area contributed by atoms with E-state index in [9.17, 15) is 9.59 Å². The van der Waals surface area contributed by atoms with Gasteiger partial charge in [0.15, 0.2) is 0 Å². The number of ether oxygens (including phenoxy) is 3. The fourth-order valence-electron chi connectivity index (χ4n) is 2.99. The summed E-state index contributed by atoms with van der Waals surface area (Å²) in [5.74, 6) is 0.210. The minimum Gasteiger partial charge on any atom is -0.444 e. The zero-order valence-electron chi connectivity index (χ0n) is 18.0. The molecule has 9 heteroatoms. The van der Waals surface area contributed by atoms with Crippen LogP contribution in [-0.4, -0.2) is 58.3 Å².